The summed E-state index contributed by atoms with van der Waals surface area (Å²) in [5.74, 6) is -0.705. The summed E-state index contributed by atoms with van der Waals surface area (Å²) in [6.07, 6.45) is 9.59. The number of aromatic amines is 1. The predicted octanol–water partition coefficient (Wildman–Crippen LogP) is 1.60. The molecule has 45 heavy (non-hydrogen) atoms. The lowest BCUT2D eigenvalue weighted by Gasteiger charge is -2.44. The topological polar surface area (TPSA) is 215 Å². The minimum absolute atomic E-state index is 0.208. The van der Waals surface area contributed by atoms with E-state index in [1.807, 2.05) is 0 Å². The van der Waals surface area contributed by atoms with Crippen molar-refractivity contribution in [3.8, 4) is 0 Å². The molecule has 2 aromatic heterocycles. The van der Waals surface area contributed by atoms with Gasteiger partial charge in [-0.05, 0) is 12.8 Å². The van der Waals surface area contributed by atoms with Crippen LogP contribution in [0.15, 0.2) is 12.7 Å². The second kappa shape index (κ2) is 20.2. The normalized spacial score (nSPS) is 22.3. The monoisotopic (exact) mass is 639 g/mol. The smallest absolute Gasteiger partial charge is 0.239 e. The molecular weight excluding hydrogens is 589 g/mol. The van der Waals surface area contributed by atoms with Crippen molar-refractivity contribution >= 4 is 28.8 Å². The second-order valence-electron chi connectivity index (χ2n) is 11.6. The number of hydrogen-bond acceptors (Lipinski definition) is 11. The Morgan fingerprint density at radius 3 is 2.13 bits per heavy atom. The van der Waals surface area contributed by atoms with Crippen molar-refractivity contribution in [2.45, 2.75) is 127 Å². The van der Waals surface area contributed by atoms with E-state index < -0.39 is 49.2 Å². The summed E-state index contributed by atoms with van der Waals surface area (Å²) in [7, 11) is 0. The summed E-state index contributed by atoms with van der Waals surface area (Å²) in [6, 6.07) is -1.28. The van der Waals surface area contributed by atoms with Crippen LogP contribution >= 0.6 is 0 Å². The Kier molecular flexibility index (Phi) is 16.4. The summed E-state index contributed by atoms with van der Waals surface area (Å²) in [4.78, 5) is 39.9. The number of nitrogens with zero attached hydrogens (tertiary/aromatic N) is 3. The zero-order chi connectivity index (χ0) is 32.4. The van der Waals surface area contributed by atoms with Crippen molar-refractivity contribution in [3.05, 3.63) is 12.7 Å². The first-order valence-corrected chi connectivity index (χ1v) is 16.2. The van der Waals surface area contributed by atoms with Gasteiger partial charge in [-0.2, -0.15) is 0 Å². The van der Waals surface area contributed by atoms with E-state index in [0.717, 1.165) is 32.1 Å². The largest absolute Gasteiger partial charge is 0.394 e. The number of alkyl halides is 1. The van der Waals surface area contributed by atoms with Crippen LogP contribution in [0.25, 0.3) is 11.2 Å². The molecule has 0 spiro atoms. The van der Waals surface area contributed by atoms with Crippen LogP contribution in [0.3, 0.4) is 0 Å². The number of anilines is 1. The molecule has 3 rings (SSSR count). The van der Waals surface area contributed by atoms with Gasteiger partial charge in [0.05, 0.1) is 32.2 Å². The minimum atomic E-state index is -1.60. The molecule has 0 unspecified atom stereocenters. The number of fused-ring (bicyclic) bond motifs is 1. The van der Waals surface area contributed by atoms with Crippen molar-refractivity contribution < 1.29 is 39.1 Å². The van der Waals surface area contributed by atoms with Gasteiger partial charge in [-0.25, -0.2) is 15.0 Å². The molecule has 0 radical (unpaired) electrons. The zero-order valence-corrected chi connectivity index (χ0v) is 25.9. The molecule has 1 aliphatic rings. The number of unbranched alkanes of at least 4 members (excludes halogenated alkanes) is 12. The highest BCUT2D eigenvalue weighted by molar-refractivity contribution is 5.85. The van der Waals surface area contributed by atoms with Crippen molar-refractivity contribution in [2.24, 2.45) is 0 Å². The lowest BCUT2D eigenvalue weighted by Crippen LogP contribution is -2.68. The molecule has 2 amide bonds. The minimum Gasteiger partial charge on any atom is -0.394 e. The van der Waals surface area contributed by atoms with Crippen LogP contribution < -0.4 is 16.0 Å². The van der Waals surface area contributed by atoms with Crippen molar-refractivity contribution in [3.63, 3.8) is 0 Å². The van der Waals surface area contributed by atoms with Crippen LogP contribution in [0.5, 0.6) is 0 Å². The molecular formula is C30H50FN7O7. The number of hydrogen-bond donors (Lipinski definition) is 8. The average molecular weight is 640 g/mol. The van der Waals surface area contributed by atoms with E-state index in [1.54, 1.807) is 0 Å². The Morgan fingerprint density at radius 1 is 0.889 bits per heavy atom. The van der Waals surface area contributed by atoms with Gasteiger partial charge in [0.2, 0.25) is 11.8 Å². The SMILES string of the molecule is O=C(CCCCCCCCCCCCCCCF)NCC(=O)N[C@@H]1[C@@H](O)[C@@H](O)[C@@H](Nc2ncnc3nc[nH]c23)O[C@H]1[C@@H](O)CO. The maximum atomic E-state index is 12.6. The Balaban J connectivity index is 1.32. The predicted molar refractivity (Wildman–Crippen MR) is 165 cm³/mol. The van der Waals surface area contributed by atoms with Crippen LogP contribution in [0.1, 0.15) is 89.9 Å². The lowest BCUT2D eigenvalue weighted by atomic mass is 9.92. The summed E-state index contributed by atoms with van der Waals surface area (Å²) in [5.41, 5.74) is 0.781. The zero-order valence-electron chi connectivity index (χ0n) is 25.9. The van der Waals surface area contributed by atoms with E-state index in [0.29, 0.717) is 24.0 Å². The highest BCUT2D eigenvalue weighted by Gasteiger charge is 2.48. The number of carbonyl (C=O) groups is 2. The fourth-order valence-electron chi connectivity index (χ4n) is 5.48. The number of aliphatic hydroxyl groups is 4. The van der Waals surface area contributed by atoms with E-state index in [4.69, 9.17) is 4.74 Å². The number of ether oxygens (including phenoxy) is 1. The lowest BCUT2D eigenvalue weighted by molar-refractivity contribution is -0.204. The first-order chi connectivity index (χ1) is 21.8. The van der Waals surface area contributed by atoms with Crippen LogP contribution in [0, 0.1) is 0 Å². The van der Waals surface area contributed by atoms with Crippen LogP contribution in [0.4, 0.5) is 10.2 Å². The fraction of sp³-hybridized carbons (Fsp3) is 0.767. The third-order valence-electron chi connectivity index (χ3n) is 8.07. The molecule has 2 aromatic rings. The van der Waals surface area contributed by atoms with Crippen LogP contribution in [-0.2, 0) is 14.3 Å². The van der Waals surface area contributed by atoms with Gasteiger partial charge in [0.1, 0.15) is 36.3 Å². The number of rotatable bonds is 22. The molecule has 15 heteroatoms. The van der Waals surface area contributed by atoms with Gasteiger partial charge in [-0.15, -0.1) is 0 Å². The molecule has 0 bridgehead atoms. The number of H-pyrrole nitrogens is 1. The van der Waals surface area contributed by atoms with Gasteiger partial charge >= 0.3 is 0 Å². The van der Waals surface area contributed by atoms with E-state index >= 15 is 0 Å². The molecule has 6 atom stereocenters. The van der Waals surface area contributed by atoms with Crippen LogP contribution in [0.2, 0.25) is 0 Å². The third-order valence-corrected chi connectivity index (χ3v) is 8.07. The van der Waals surface area contributed by atoms with E-state index in [-0.39, 0.29) is 31.4 Å². The summed E-state index contributed by atoms with van der Waals surface area (Å²) in [5, 5.41) is 49.5. The fourth-order valence-corrected chi connectivity index (χ4v) is 5.48. The third kappa shape index (κ3) is 12.0. The van der Waals surface area contributed by atoms with E-state index in [2.05, 4.69) is 35.9 Å². The molecule has 0 aromatic carbocycles. The number of aliphatic hydroxyl groups excluding tert-OH is 4. The standard InChI is InChI=1S/C30H50FN7O7/c31-15-13-11-9-7-5-3-1-2-4-6-8-10-12-14-21(41)32-16-22(42)37-23-25(43)26(44)30(45-27(23)20(40)17-39)38-29-24-28(34-18-33-24)35-19-36-29/h18-20,23,25-27,30,39-40,43-44H,1-17H2,(H,32,41)(H,37,42)(H2,33,34,35,36,38)/t20-,23+,25+,26+,27-,30-/m0/s1. The molecule has 0 saturated carbocycles. The Morgan fingerprint density at radius 2 is 1.51 bits per heavy atom. The van der Waals surface area contributed by atoms with Crippen LogP contribution in [-0.4, -0.2) is 109 Å². The number of nitrogens with one attached hydrogen (secondary N) is 4. The van der Waals surface area contributed by atoms with E-state index in [1.165, 1.54) is 51.2 Å². The second-order valence-corrected chi connectivity index (χ2v) is 11.6. The average Bonchev–Trinajstić information content (AvgIpc) is 3.53. The van der Waals surface area contributed by atoms with Crippen molar-refractivity contribution in [2.75, 3.05) is 25.1 Å². The number of carbonyl (C=O) groups excluding carboxylic acids is 2. The highest BCUT2D eigenvalue weighted by atomic mass is 19.1. The summed E-state index contributed by atoms with van der Waals surface area (Å²) >= 11 is 0. The molecule has 1 fully saturated rings. The molecule has 3 heterocycles. The van der Waals surface area contributed by atoms with Crippen molar-refractivity contribution in [1.29, 1.82) is 0 Å². The Bertz CT molecular complexity index is 1140. The maximum Gasteiger partial charge on any atom is 0.239 e. The molecule has 8 N–H and O–H groups in total. The van der Waals surface area contributed by atoms with Gasteiger partial charge in [-0.3, -0.25) is 14.0 Å². The van der Waals surface area contributed by atoms with Gasteiger partial charge in [0.15, 0.2) is 17.7 Å². The number of amides is 2. The number of imidazole rings is 1. The number of aromatic nitrogens is 4. The first kappa shape index (κ1) is 36.5. The quantitative estimate of drug-likeness (QED) is 0.0866. The Labute approximate surface area is 263 Å². The maximum absolute atomic E-state index is 12.6. The molecule has 1 aliphatic heterocycles. The first-order valence-electron chi connectivity index (χ1n) is 16.2. The molecule has 254 valence electrons. The van der Waals surface area contributed by atoms with Gasteiger partial charge < -0.3 is 46.1 Å². The van der Waals surface area contributed by atoms with Gasteiger partial charge in [0, 0.05) is 6.42 Å². The summed E-state index contributed by atoms with van der Waals surface area (Å²) < 4.78 is 17.8. The molecule has 1 saturated heterocycles. The van der Waals surface area contributed by atoms with E-state index in [9.17, 15) is 34.4 Å². The highest BCUT2D eigenvalue weighted by Crippen LogP contribution is 2.26. The summed E-state index contributed by atoms with van der Waals surface area (Å²) in [6.45, 7) is -1.30. The van der Waals surface area contributed by atoms with Gasteiger partial charge in [0.25, 0.3) is 0 Å². The van der Waals surface area contributed by atoms with Gasteiger partial charge in [-0.1, -0.05) is 70.6 Å². The van der Waals surface area contributed by atoms with Crippen molar-refractivity contribution in [1.82, 2.24) is 30.6 Å². The Hall–Kier alpha value is -2.98. The number of halogens is 1. The molecule has 0 aliphatic carbocycles. The molecule has 14 nitrogen and oxygen atoms in total.